The molecule has 0 spiro atoms. The van der Waals surface area contributed by atoms with E-state index >= 15 is 4.39 Å². The van der Waals surface area contributed by atoms with Crippen molar-refractivity contribution in [1.29, 1.82) is 5.26 Å². The molecule has 7 heterocycles. The average molecular weight is 928 g/mol. The molecule has 354 valence electrons. The lowest BCUT2D eigenvalue weighted by atomic mass is 9.94. The highest BCUT2D eigenvalue weighted by molar-refractivity contribution is 6.23. The van der Waals surface area contributed by atoms with Crippen LogP contribution in [0.2, 0.25) is 0 Å². The van der Waals surface area contributed by atoms with Crippen LogP contribution in [0, 0.1) is 34.9 Å². The molecule has 2 aromatic carbocycles. The van der Waals surface area contributed by atoms with Crippen LogP contribution in [0.15, 0.2) is 42.7 Å². The summed E-state index contributed by atoms with van der Waals surface area (Å²) in [4.78, 5) is 84.4. The summed E-state index contributed by atoms with van der Waals surface area (Å²) in [5, 5.41) is 14.1. The molecule has 67 heavy (non-hydrogen) atoms. The van der Waals surface area contributed by atoms with Gasteiger partial charge in [0.25, 0.3) is 11.8 Å². The number of anilines is 4. The zero-order valence-corrected chi connectivity index (χ0v) is 37.1. The SMILES string of the molecule is N#Cc1ccc(N2CCC(C(=O)Nc3ncc(N4CCC(CN5CCN(CC6CCN(c7cc8c(cc7F)C(=O)N(C7CCC(=O)NC7=O)C8=O)CC6)CC5)CC4)cn3)CC2)cc1C(F)(F)F. The summed E-state index contributed by atoms with van der Waals surface area (Å²) in [6.45, 7) is 9.81. The summed E-state index contributed by atoms with van der Waals surface area (Å²) in [6.07, 6.45) is 3.62. The monoisotopic (exact) mass is 927 g/mol. The van der Waals surface area contributed by atoms with Gasteiger partial charge in [-0.2, -0.15) is 18.4 Å². The van der Waals surface area contributed by atoms with Crippen molar-refractivity contribution in [3.8, 4) is 6.07 Å². The van der Waals surface area contributed by atoms with Crippen LogP contribution in [-0.4, -0.2) is 139 Å². The fourth-order valence-corrected chi connectivity index (χ4v) is 10.6. The van der Waals surface area contributed by atoms with Crippen molar-refractivity contribution in [2.75, 3.05) is 98.6 Å². The highest BCUT2D eigenvalue weighted by Crippen LogP contribution is 2.37. The highest BCUT2D eigenvalue weighted by atomic mass is 19.4. The Morgan fingerprint density at radius 1 is 0.731 bits per heavy atom. The van der Waals surface area contributed by atoms with Gasteiger partial charge in [-0.15, -0.1) is 0 Å². The number of amides is 5. The molecule has 2 N–H and O–H groups in total. The van der Waals surface area contributed by atoms with E-state index in [4.69, 9.17) is 5.26 Å². The van der Waals surface area contributed by atoms with E-state index in [2.05, 4.69) is 35.3 Å². The molecule has 1 atom stereocenters. The highest BCUT2D eigenvalue weighted by Gasteiger charge is 2.45. The van der Waals surface area contributed by atoms with Gasteiger partial charge in [0.2, 0.25) is 23.7 Å². The zero-order valence-electron chi connectivity index (χ0n) is 37.1. The number of rotatable bonds is 10. The molecule has 16 nitrogen and oxygen atoms in total. The number of carbonyl (C=O) groups excluding carboxylic acids is 5. The lowest BCUT2D eigenvalue weighted by Gasteiger charge is -2.41. The van der Waals surface area contributed by atoms with Crippen molar-refractivity contribution in [2.45, 2.75) is 63.6 Å². The van der Waals surface area contributed by atoms with E-state index in [0.717, 1.165) is 101 Å². The van der Waals surface area contributed by atoms with Crippen LogP contribution in [0.4, 0.5) is 40.6 Å². The molecular formula is C47H53F4N11O5. The molecule has 1 unspecified atom stereocenters. The number of nitrogens with zero attached hydrogens (tertiary/aromatic N) is 9. The van der Waals surface area contributed by atoms with E-state index in [1.54, 1.807) is 23.4 Å². The predicted octanol–water partition coefficient (Wildman–Crippen LogP) is 4.51. The number of hydrogen-bond donors (Lipinski definition) is 2. The quantitative estimate of drug-likeness (QED) is 0.215. The number of aromatic nitrogens is 2. The van der Waals surface area contributed by atoms with Gasteiger partial charge in [-0.1, -0.05) is 0 Å². The van der Waals surface area contributed by atoms with Gasteiger partial charge in [-0.3, -0.25) is 39.5 Å². The number of alkyl halides is 3. The van der Waals surface area contributed by atoms with Crippen molar-refractivity contribution in [2.24, 2.45) is 17.8 Å². The number of halogens is 4. The Labute approximate surface area is 385 Å². The second-order valence-corrected chi connectivity index (χ2v) is 18.6. The largest absolute Gasteiger partial charge is 0.417 e. The summed E-state index contributed by atoms with van der Waals surface area (Å²) in [7, 11) is 0. The average Bonchev–Trinajstić information content (AvgIpc) is 3.56. The molecule has 9 rings (SSSR count). The number of benzene rings is 2. The number of piperazine rings is 1. The first-order valence-electron chi connectivity index (χ1n) is 23.2. The minimum absolute atomic E-state index is 0.0140. The maximum Gasteiger partial charge on any atom is 0.417 e. The van der Waals surface area contributed by atoms with Crippen LogP contribution in [0.25, 0.3) is 0 Å². The molecule has 5 saturated heterocycles. The Bertz CT molecular complexity index is 2430. The van der Waals surface area contributed by atoms with Gasteiger partial charge < -0.3 is 24.5 Å². The second-order valence-electron chi connectivity index (χ2n) is 18.6. The van der Waals surface area contributed by atoms with Crippen molar-refractivity contribution in [1.82, 2.24) is 30.0 Å². The van der Waals surface area contributed by atoms with Crippen LogP contribution >= 0.6 is 0 Å². The van der Waals surface area contributed by atoms with Gasteiger partial charge in [-0.05, 0) is 87.1 Å². The molecule has 5 fully saturated rings. The van der Waals surface area contributed by atoms with Crippen molar-refractivity contribution >= 4 is 52.5 Å². The number of carbonyl (C=O) groups is 5. The van der Waals surface area contributed by atoms with Crippen LogP contribution in [0.1, 0.15) is 83.2 Å². The number of imide groups is 2. The maximum absolute atomic E-state index is 15.5. The molecule has 20 heteroatoms. The molecule has 6 aliphatic rings. The molecular weight excluding hydrogens is 875 g/mol. The van der Waals surface area contributed by atoms with Crippen molar-refractivity contribution < 1.29 is 41.5 Å². The molecule has 5 amide bonds. The first kappa shape index (κ1) is 45.9. The van der Waals surface area contributed by atoms with Crippen LogP contribution < -0.4 is 25.3 Å². The second kappa shape index (κ2) is 19.2. The first-order valence-corrected chi connectivity index (χ1v) is 23.2. The molecule has 0 saturated carbocycles. The van der Waals surface area contributed by atoms with Crippen molar-refractivity contribution in [3.05, 3.63) is 70.8 Å². The van der Waals surface area contributed by atoms with Gasteiger partial charge in [0.05, 0.1) is 52.1 Å². The van der Waals surface area contributed by atoms with E-state index in [1.807, 2.05) is 4.90 Å². The Balaban J connectivity index is 0.668. The summed E-state index contributed by atoms with van der Waals surface area (Å²) in [5.41, 5.74) is 0.188. The third-order valence-corrected chi connectivity index (χ3v) is 14.5. The summed E-state index contributed by atoms with van der Waals surface area (Å²) in [6, 6.07) is 6.76. The van der Waals surface area contributed by atoms with E-state index < -0.39 is 52.8 Å². The molecule has 6 aliphatic heterocycles. The molecule has 0 radical (unpaired) electrons. The van der Waals surface area contributed by atoms with E-state index in [1.165, 1.54) is 18.2 Å². The van der Waals surface area contributed by atoms with Gasteiger partial charge in [-0.25, -0.2) is 14.4 Å². The van der Waals surface area contributed by atoms with Gasteiger partial charge in [0, 0.05) is 96.6 Å². The normalized spacial score (nSPS) is 22.0. The van der Waals surface area contributed by atoms with Crippen LogP contribution in [0.3, 0.4) is 0 Å². The Kier molecular flexibility index (Phi) is 13.2. The smallest absolute Gasteiger partial charge is 0.371 e. The van der Waals surface area contributed by atoms with E-state index in [0.29, 0.717) is 56.5 Å². The third-order valence-electron chi connectivity index (χ3n) is 14.5. The van der Waals surface area contributed by atoms with Crippen LogP contribution in [0.5, 0.6) is 0 Å². The minimum Gasteiger partial charge on any atom is -0.371 e. The zero-order chi connectivity index (χ0) is 47.0. The lowest BCUT2D eigenvalue weighted by molar-refractivity contribution is -0.138. The van der Waals surface area contributed by atoms with E-state index in [9.17, 15) is 37.1 Å². The molecule has 3 aromatic rings. The maximum atomic E-state index is 15.5. The fourth-order valence-electron chi connectivity index (χ4n) is 10.6. The Morgan fingerprint density at radius 3 is 1.85 bits per heavy atom. The Hall–Kier alpha value is -6.20. The van der Waals surface area contributed by atoms with Gasteiger partial charge in [0.15, 0.2) is 0 Å². The summed E-state index contributed by atoms with van der Waals surface area (Å²) < 4.78 is 55.9. The first-order chi connectivity index (χ1) is 32.2. The molecule has 1 aromatic heterocycles. The number of nitriles is 1. The number of nitrogens with one attached hydrogen (secondary N) is 2. The minimum atomic E-state index is -4.64. The Morgan fingerprint density at radius 2 is 1.28 bits per heavy atom. The van der Waals surface area contributed by atoms with Crippen LogP contribution in [-0.2, 0) is 20.6 Å². The number of fused-ring (bicyclic) bond motifs is 1. The predicted molar refractivity (Wildman–Crippen MR) is 238 cm³/mol. The molecule has 0 bridgehead atoms. The van der Waals surface area contributed by atoms with Crippen molar-refractivity contribution in [3.63, 3.8) is 0 Å². The fraction of sp³-hybridized carbons (Fsp3) is 0.532. The van der Waals surface area contributed by atoms with Gasteiger partial charge in [0.1, 0.15) is 11.9 Å². The lowest BCUT2D eigenvalue weighted by Crippen LogP contribution is -2.54. The van der Waals surface area contributed by atoms with Gasteiger partial charge >= 0.3 is 6.18 Å². The number of hydrogen-bond acceptors (Lipinski definition) is 13. The summed E-state index contributed by atoms with van der Waals surface area (Å²) >= 11 is 0. The molecule has 0 aliphatic carbocycles. The number of piperidine rings is 4. The van der Waals surface area contributed by atoms with E-state index in [-0.39, 0.29) is 47.4 Å². The third kappa shape index (κ3) is 9.94. The summed E-state index contributed by atoms with van der Waals surface area (Å²) in [5.74, 6) is -2.40. The topological polar surface area (TPSA) is 178 Å². The standard InChI is InChI=1S/C47H53F4N11O5/c48-38-22-35-36(45(67)62(44(35)66)39-3-4-41(63)55-43(39)65)23-40(38)61-13-7-30(8-14-61)28-58-19-17-57(18-20-58)27-29-5-11-60(12-6-29)34-25-53-46(54-26-34)56-42(64)31-9-15-59(16-10-31)33-2-1-32(24-52)37(21-33)47(49,50)51/h1-2,21-23,25-26,29-31,39H,3-20,27-28H2,(H,55,63,65)(H,53,54,56,64).